The largest absolute Gasteiger partial charge is 0.465 e. The summed E-state index contributed by atoms with van der Waals surface area (Å²) in [7, 11) is 3.05. The van der Waals surface area contributed by atoms with E-state index in [1.54, 1.807) is 25.6 Å². The molecule has 0 amide bonds. The molecular formula is C21H19NO3. The summed E-state index contributed by atoms with van der Waals surface area (Å²) in [4.78, 5) is 16.3. The first-order valence-corrected chi connectivity index (χ1v) is 7.95. The molecular weight excluding hydrogens is 314 g/mol. The van der Waals surface area contributed by atoms with E-state index in [0.717, 1.165) is 22.3 Å². The van der Waals surface area contributed by atoms with Crippen LogP contribution in [0.1, 0.15) is 27.6 Å². The molecule has 4 nitrogen and oxygen atoms in total. The number of aromatic nitrogens is 1. The second-order valence-corrected chi connectivity index (χ2v) is 5.56. The van der Waals surface area contributed by atoms with Crippen molar-refractivity contribution in [1.82, 2.24) is 4.98 Å². The van der Waals surface area contributed by atoms with E-state index in [0.29, 0.717) is 5.56 Å². The number of benzene rings is 2. The molecule has 0 aliphatic carbocycles. The van der Waals surface area contributed by atoms with Gasteiger partial charge in [0.2, 0.25) is 0 Å². The maximum atomic E-state index is 12.2. The summed E-state index contributed by atoms with van der Waals surface area (Å²) in [6, 6.07) is 19.3. The van der Waals surface area contributed by atoms with Crippen molar-refractivity contribution in [3.63, 3.8) is 0 Å². The highest BCUT2D eigenvalue weighted by molar-refractivity contribution is 5.97. The van der Waals surface area contributed by atoms with Gasteiger partial charge in [0, 0.05) is 25.1 Å². The molecule has 0 spiro atoms. The highest BCUT2D eigenvalue weighted by Gasteiger charge is 2.19. The van der Waals surface area contributed by atoms with Crippen LogP contribution in [-0.2, 0) is 9.47 Å². The fraction of sp³-hybridized carbons (Fsp3) is 0.143. The van der Waals surface area contributed by atoms with Gasteiger partial charge < -0.3 is 9.47 Å². The van der Waals surface area contributed by atoms with Crippen LogP contribution < -0.4 is 0 Å². The van der Waals surface area contributed by atoms with Crippen LogP contribution in [-0.4, -0.2) is 25.2 Å². The summed E-state index contributed by atoms with van der Waals surface area (Å²) in [5, 5.41) is 0. The Morgan fingerprint density at radius 2 is 1.76 bits per heavy atom. The molecule has 1 atom stereocenters. The van der Waals surface area contributed by atoms with Gasteiger partial charge in [0.15, 0.2) is 0 Å². The lowest BCUT2D eigenvalue weighted by Crippen LogP contribution is -2.08. The Bertz CT molecular complexity index is 848. The van der Waals surface area contributed by atoms with Gasteiger partial charge in [-0.2, -0.15) is 0 Å². The zero-order valence-corrected chi connectivity index (χ0v) is 14.2. The van der Waals surface area contributed by atoms with E-state index in [9.17, 15) is 4.79 Å². The minimum absolute atomic E-state index is 0.261. The van der Waals surface area contributed by atoms with Crippen molar-refractivity contribution in [1.29, 1.82) is 0 Å². The van der Waals surface area contributed by atoms with E-state index in [4.69, 9.17) is 9.47 Å². The smallest absolute Gasteiger partial charge is 0.338 e. The summed E-state index contributed by atoms with van der Waals surface area (Å²) in [6.07, 6.45) is 3.25. The molecule has 1 aromatic heterocycles. The molecule has 25 heavy (non-hydrogen) atoms. The highest BCUT2D eigenvalue weighted by Crippen LogP contribution is 2.31. The molecule has 4 heteroatoms. The average Bonchev–Trinajstić information content (AvgIpc) is 2.69. The summed E-state index contributed by atoms with van der Waals surface area (Å²) in [6.45, 7) is 0. The molecule has 0 fully saturated rings. The molecule has 3 rings (SSSR count). The predicted molar refractivity (Wildman–Crippen MR) is 96.3 cm³/mol. The van der Waals surface area contributed by atoms with Crippen molar-refractivity contribution in [2.45, 2.75) is 6.10 Å². The van der Waals surface area contributed by atoms with Gasteiger partial charge in [0.25, 0.3) is 0 Å². The van der Waals surface area contributed by atoms with Crippen LogP contribution in [0.25, 0.3) is 11.1 Å². The third kappa shape index (κ3) is 3.59. The summed E-state index contributed by atoms with van der Waals surface area (Å²) >= 11 is 0. The number of hydrogen-bond donors (Lipinski definition) is 0. The SMILES string of the molecule is COC(=O)c1ccc(C(OC)c2cccnc2)cc1-c1ccccc1. The molecule has 1 heterocycles. The van der Waals surface area contributed by atoms with Gasteiger partial charge in [0.1, 0.15) is 6.10 Å². The van der Waals surface area contributed by atoms with E-state index in [1.807, 2.05) is 54.6 Å². The lowest BCUT2D eigenvalue weighted by molar-refractivity contribution is 0.0601. The van der Waals surface area contributed by atoms with Crippen LogP contribution in [0.3, 0.4) is 0 Å². The van der Waals surface area contributed by atoms with Crippen LogP contribution in [0.2, 0.25) is 0 Å². The Morgan fingerprint density at radius 3 is 2.40 bits per heavy atom. The summed E-state index contributed by atoms with van der Waals surface area (Å²) in [5.41, 5.74) is 4.19. The number of carbonyl (C=O) groups excluding carboxylic acids is 1. The topological polar surface area (TPSA) is 48.4 Å². The standard InChI is InChI=1S/C21H19NO3/c1-24-20(17-9-6-12-22-14-17)16-10-11-18(21(23)25-2)19(13-16)15-7-4-3-5-8-15/h3-14,20H,1-2H3. The Hall–Kier alpha value is -2.98. The van der Waals surface area contributed by atoms with Crippen LogP contribution in [0.15, 0.2) is 73.1 Å². The predicted octanol–water partition coefficient (Wildman–Crippen LogP) is 4.27. The molecule has 1 unspecified atom stereocenters. The minimum atomic E-state index is -0.360. The van der Waals surface area contributed by atoms with Crippen molar-refractivity contribution in [2.75, 3.05) is 14.2 Å². The van der Waals surface area contributed by atoms with Crippen LogP contribution in [0, 0.1) is 0 Å². The number of methoxy groups -OCH3 is 2. The van der Waals surface area contributed by atoms with Crippen molar-refractivity contribution >= 4 is 5.97 Å². The second kappa shape index (κ2) is 7.73. The maximum Gasteiger partial charge on any atom is 0.338 e. The molecule has 0 aliphatic heterocycles. The number of hydrogen-bond acceptors (Lipinski definition) is 4. The maximum absolute atomic E-state index is 12.2. The van der Waals surface area contributed by atoms with E-state index < -0.39 is 0 Å². The zero-order chi connectivity index (χ0) is 17.6. The van der Waals surface area contributed by atoms with Gasteiger partial charge in [-0.3, -0.25) is 4.98 Å². The molecule has 0 N–H and O–H groups in total. The number of ether oxygens (including phenoxy) is 2. The fourth-order valence-electron chi connectivity index (χ4n) is 2.87. The van der Waals surface area contributed by atoms with Crippen LogP contribution >= 0.6 is 0 Å². The Morgan fingerprint density at radius 1 is 0.960 bits per heavy atom. The zero-order valence-electron chi connectivity index (χ0n) is 14.2. The molecule has 126 valence electrons. The van der Waals surface area contributed by atoms with Gasteiger partial charge in [-0.25, -0.2) is 4.79 Å². The van der Waals surface area contributed by atoms with Crippen molar-refractivity contribution in [3.05, 3.63) is 89.7 Å². The number of nitrogens with zero attached hydrogens (tertiary/aromatic N) is 1. The third-order valence-corrected chi connectivity index (χ3v) is 4.06. The second-order valence-electron chi connectivity index (χ2n) is 5.56. The number of rotatable bonds is 5. The monoisotopic (exact) mass is 333 g/mol. The van der Waals surface area contributed by atoms with Crippen LogP contribution in [0.4, 0.5) is 0 Å². The summed E-state index contributed by atoms with van der Waals surface area (Å²) < 4.78 is 10.6. The van der Waals surface area contributed by atoms with E-state index in [2.05, 4.69) is 4.98 Å². The summed E-state index contributed by atoms with van der Waals surface area (Å²) in [5.74, 6) is -0.360. The first-order valence-electron chi connectivity index (χ1n) is 7.95. The van der Waals surface area contributed by atoms with Gasteiger partial charge in [-0.1, -0.05) is 42.5 Å². The normalized spacial score (nSPS) is 11.8. The molecule has 3 aromatic rings. The van der Waals surface area contributed by atoms with E-state index >= 15 is 0 Å². The Labute approximate surface area is 147 Å². The van der Waals surface area contributed by atoms with Gasteiger partial charge in [-0.05, 0) is 34.9 Å². The first-order chi connectivity index (χ1) is 12.2. The van der Waals surface area contributed by atoms with Gasteiger partial charge >= 0.3 is 5.97 Å². The first kappa shape index (κ1) is 16.9. The highest BCUT2D eigenvalue weighted by atomic mass is 16.5. The van der Waals surface area contributed by atoms with E-state index in [-0.39, 0.29) is 12.1 Å². The number of carbonyl (C=O) groups is 1. The third-order valence-electron chi connectivity index (χ3n) is 4.06. The lowest BCUT2D eigenvalue weighted by atomic mass is 9.93. The molecule has 0 radical (unpaired) electrons. The van der Waals surface area contributed by atoms with Gasteiger partial charge in [-0.15, -0.1) is 0 Å². The molecule has 2 aromatic carbocycles. The number of esters is 1. The van der Waals surface area contributed by atoms with E-state index in [1.165, 1.54) is 7.11 Å². The quantitative estimate of drug-likeness (QED) is 0.654. The molecule has 0 saturated heterocycles. The van der Waals surface area contributed by atoms with Crippen LogP contribution in [0.5, 0.6) is 0 Å². The Balaban J connectivity index is 2.12. The minimum Gasteiger partial charge on any atom is -0.465 e. The fourth-order valence-corrected chi connectivity index (χ4v) is 2.87. The van der Waals surface area contributed by atoms with Gasteiger partial charge in [0.05, 0.1) is 12.7 Å². The average molecular weight is 333 g/mol. The molecule has 0 saturated carbocycles. The van der Waals surface area contributed by atoms with Crippen molar-refractivity contribution in [2.24, 2.45) is 0 Å². The van der Waals surface area contributed by atoms with Crippen molar-refractivity contribution < 1.29 is 14.3 Å². The number of pyridine rings is 1. The molecule has 0 aliphatic rings. The van der Waals surface area contributed by atoms with Crippen molar-refractivity contribution in [3.8, 4) is 11.1 Å². The Kier molecular flexibility index (Phi) is 5.21. The lowest BCUT2D eigenvalue weighted by Gasteiger charge is -2.18. The molecule has 0 bridgehead atoms.